The summed E-state index contributed by atoms with van der Waals surface area (Å²) in [5.74, 6) is -2.54. The fourth-order valence-electron chi connectivity index (χ4n) is 1.40. The molecule has 0 fully saturated rings. The highest BCUT2D eigenvalue weighted by Crippen LogP contribution is 2.18. The van der Waals surface area contributed by atoms with E-state index in [-0.39, 0.29) is 17.1 Å². The van der Waals surface area contributed by atoms with Crippen LogP contribution in [0, 0.1) is 11.6 Å². The van der Waals surface area contributed by atoms with E-state index in [1.54, 1.807) is 0 Å². The summed E-state index contributed by atoms with van der Waals surface area (Å²) in [5, 5.41) is 2.41. The molecule has 0 saturated heterocycles. The monoisotopic (exact) mass is 327 g/mol. The van der Waals surface area contributed by atoms with Crippen molar-refractivity contribution < 1.29 is 13.6 Å². The quantitative estimate of drug-likeness (QED) is 0.891. The number of anilines is 2. The van der Waals surface area contributed by atoms with E-state index < -0.39 is 17.5 Å². The Morgan fingerprint density at radius 3 is 2.68 bits per heavy atom. The highest BCUT2D eigenvalue weighted by atomic mass is 79.9. The van der Waals surface area contributed by atoms with Crippen molar-refractivity contribution in [1.29, 1.82) is 0 Å². The van der Waals surface area contributed by atoms with Crippen LogP contribution in [-0.4, -0.2) is 10.9 Å². The SMILES string of the molecule is Nc1ncc(Br)cc1C(=O)Nc1ccc(F)c(F)c1. The van der Waals surface area contributed by atoms with Crippen molar-refractivity contribution in [3.05, 3.63) is 52.1 Å². The van der Waals surface area contributed by atoms with Gasteiger partial charge in [-0.05, 0) is 34.1 Å². The van der Waals surface area contributed by atoms with Gasteiger partial charge in [-0.3, -0.25) is 4.79 Å². The van der Waals surface area contributed by atoms with Gasteiger partial charge in [0, 0.05) is 22.4 Å². The fraction of sp³-hybridized carbons (Fsp3) is 0. The van der Waals surface area contributed by atoms with E-state index in [9.17, 15) is 13.6 Å². The molecule has 19 heavy (non-hydrogen) atoms. The number of hydrogen-bond donors (Lipinski definition) is 2. The molecule has 0 spiro atoms. The third kappa shape index (κ3) is 3.05. The highest BCUT2D eigenvalue weighted by Gasteiger charge is 2.12. The van der Waals surface area contributed by atoms with Crippen LogP contribution in [0.5, 0.6) is 0 Å². The summed E-state index contributed by atoms with van der Waals surface area (Å²) < 4.78 is 26.3. The minimum atomic E-state index is -1.04. The number of nitrogens with zero attached hydrogens (tertiary/aromatic N) is 1. The molecule has 0 aliphatic carbocycles. The first kappa shape index (κ1) is 13.4. The lowest BCUT2D eigenvalue weighted by molar-refractivity contribution is 0.102. The summed E-state index contributed by atoms with van der Waals surface area (Å²) in [6, 6.07) is 4.54. The number of nitrogens with two attached hydrogens (primary N) is 1. The van der Waals surface area contributed by atoms with Gasteiger partial charge in [-0.1, -0.05) is 0 Å². The number of nitrogens with one attached hydrogen (secondary N) is 1. The Balaban J connectivity index is 2.25. The smallest absolute Gasteiger partial charge is 0.259 e. The van der Waals surface area contributed by atoms with Crippen molar-refractivity contribution in [1.82, 2.24) is 4.98 Å². The molecule has 1 aromatic carbocycles. The summed E-state index contributed by atoms with van der Waals surface area (Å²) in [5.41, 5.74) is 5.84. The van der Waals surface area contributed by atoms with Crippen LogP contribution in [0.2, 0.25) is 0 Å². The number of pyridine rings is 1. The molecule has 7 heteroatoms. The normalized spacial score (nSPS) is 10.3. The van der Waals surface area contributed by atoms with Crippen molar-refractivity contribution in [2.75, 3.05) is 11.1 Å². The fourth-order valence-corrected chi connectivity index (χ4v) is 1.74. The van der Waals surface area contributed by atoms with Gasteiger partial charge in [0.25, 0.3) is 5.91 Å². The van der Waals surface area contributed by atoms with Crippen LogP contribution in [0.25, 0.3) is 0 Å². The van der Waals surface area contributed by atoms with Crippen LogP contribution in [0.15, 0.2) is 34.9 Å². The molecule has 1 amide bonds. The number of carbonyl (C=O) groups excluding carboxylic acids is 1. The number of amides is 1. The number of halogens is 3. The molecule has 3 N–H and O–H groups in total. The van der Waals surface area contributed by atoms with Crippen LogP contribution < -0.4 is 11.1 Å². The predicted octanol–water partition coefficient (Wildman–Crippen LogP) is 2.96. The second-order valence-electron chi connectivity index (χ2n) is 3.67. The lowest BCUT2D eigenvalue weighted by atomic mass is 10.2. The highest BCUT2D eigenvalue weighted by molar-refractivity contribution is 9.10. The molecule has 0 aliphatic heterocycles. The zero-order valence-electron chi connectivity index (χ0n) is 9.45. The molecule has 0 atom stereocenters. The van der Waals surface area contributed by atoms with E-state index in [0.29, 0.717) is 4.47 Å². The van der Waals surface area contributed by atoms with E-state index in [0.717, 1.165) is 12.1 Å². The first-order valence-corrected chi connectivity index (χ1v) is 5.94. The summed E-state index contributed by atoms with van der Waals surface area (Å²) in [6.07, 6.45) is 1.45. The van der Waals surface area contributed by atoms with E-state index in [1.165, 1.54) is 18.3 Å². The maximum atomic E-state index is 13.0. The summed E-state index contributed by atoms with van der Waals surface area (Å²) in [4.78, 5) is 15.7. The largest absolute Gasteiger partial charge is 0.383 e. The van der Waals surface area contributed by atoms with Crippen molar-refractivity contribution in [3.8, 4) is 0 Å². The standard InChI is InChI=1S/C12H8BrF2N3O/c13-6-3-8(11(16)17-5-6)12(19)18-7-1-2-9(14)10(15)4-7/h1-5H,(H2,16,17)(H,18,19). The third-order valence-electron chi connectivity index (χ3n) is 2.31. The summed E-state index contributed by atoms with van der Waals surface area (Å²) in [7, 11) is 0. The molecule has 0 bridgehead atoms. The second-order valence-corrected chi connectivity index (χ2v) is 4.59. The number of benzene rings is 1. The van der Waals surface area contributed by atoms with Gasteiger partial charge in [0.1, 0.15) is 5.82 Å². The van der Waals surface area contributed by atoms with Gasteiger partial charge in [0.2, 0.25) is 0 Å². The van der Waals surface area contributed by atoms with Gasteiger partial charge < -0.3 is 11.1 Å². The number of hydrogen-bond acceptors (Lipinski definition) is 3. The molecule has 0 unspecified atom stereocenters. The van der Waals surface area contributed by atoms with Crippen LogP contribution in [0.4, 0.5) is 20.3 Å². The second kappa shape index (κ2) is 5.31. The van der Waals surface area contributed by atoms with Gasteiger partial charge in [-0.25, -0.2) is 13.8 Å². The minimum absolute atomic E-state index is 0.0447. The Kier molecular flexibility index (Phi) is 3.75. The van der Waals surface area contributed by atoms with E-state index >= 15 is 0 Å². The molecular weight excluding hydrogens is 320 g/mol. The lowest BCUT2D eigenvalue weighted by Gasteiger charge is -2.07. The van der Waals surface area contributed by atoms with Gasteiger partial charge in [-0.15, -0.1) is 0 Å². The Bertz CT molecular complexity index is 649. The van der Waals surface area contributed by atoms with Crippen LogP contribution in [-0.2, 0) is 0 Å². The molecule has 4 nitrogen and oxygen atoms in total. The Morgan fingerprint density at radius 1 is 1.26 bits per heavy atom. The zero-order chi connectivity index (χ0) is 14.0. The van der Waals surface area contributed by atoms with E-state index in [4.69, 9.17) is 5.73 Å². The summed E-state index contributed by atoms with van der Waals surface area (Å²) in [6.45, 7) is 0. The maximum absolute atomic E-state index is 13.0. The number of aromatic nitrogens is 1. The Hall–Kier alpha value is -2.02. The van der Waals surface area contributed by atoms with Crippen molar-refractivity contribution in [2.24, 2.45) is 0 Å². The molecule has 1 heterocycles. The van der Waals surface area contributed by atoms with Crippen LogP contribution in [0.1, 0.15) is 10.4 Å². The maximum Gasteiger partial charge on any atom is 0.259 e. The average Bonchev–Trinajstić information content (AvgIpc) is 2.36. The first-order valence-electron chi connectivity index (χ1n) is 5.15. The van der Waals surface area contributed by atoms with E-state index in [2.05, 4.69) is 26.2 Å². The predicted molar refractivity (Wildman–Crippen MR) is 70.7 cm³/mol. The van der Waals surface area contributed by atoms with Crippen LogP contribution in [0.3, 0.4) is 0 Å². The third-order valence-corrected chi connectivity index (χ3v) is 2.74. The lowest BCUT2D eigenvalue weighted by Crippen LogP contribution is -2.15. The van der Waals surface area contributed by atoms with Crippen LogP contribution >= 0.6 is 15.9 Å². The number of rotatable bonds is 2. The molecule has 0 radical (unpaired) electrons. The van der Waals surface area contributed by atoms with Gasteiger partial charge in [0.15, 0.2) is 11.6 Å². The molecular formula is C12H8BrF2N3O. The van der Waals surface area contributed by atoms with Crippen molar-refractivity contribution >= 4 is 33.3 Å². The number of carbonyl (C=O) groups is 1. The molecule has 0 aliphatic rings. The first-order chi connectivity index (χ1) is 8.97. The van der Waals surface area contributed by atoms with Gasteiger partial charge >= 0.3 is 0 Å². The Morgan fingerprint density at radius 2 is 2.00 bits per heavy atom. The molecule has 2 rings (SSSR count). The molecule has 0 saturated carbocycles. The van der Waals surface area contributed by atoms with Crippen molar-refractivity contribution in [2.45, 2.75) is 0 Å². The van der Waals surface area contributed by atoms with E-state index in [1.807, 2.05) is 0 Å². The van der Waals surface area contributed by atoms with Crippen molar-refractivity contribution in [3.63, 3.8) is 0 Å². The average molecular weight is 328 g/mol. The number of nitrogen functional groups attached to an aromatic ring is 1. The van der Waals surface area contributed by atoms with Gasteiger partial charge in [-0.2, -0.15) is 0 Å². The summed E-state index contributed by atoms with van der Waals surface area (Å²) >= 11 is 3.16. The molecule has 1 aromatic heterocycles. The molecule has 98 valence electrons. The minimum Gasteiger partial charge on any atom is -0.383 e. The zero-order valence-corrected chi connectivity index (χ0v) is 11.0. The van der Waals surface area contributed by atoms with Gasteiger partial charge in [0.05, 0.1) is 5.56 Å². The molecule has 2 aromatic rings. The Labute approximate surface area is 115 Å². The topological polar surface area (TPSA) is 68.0 Å².